The summed E-state index contributed by atoms with van der Waals surface area (Å²) < 4.78 is 78.8. The molecule has 0 atom stereocenters. The van der Waals surface area contributed by atoms with Gasteiger partial charge >= 0.3 is 12.5 Å². The summed E-state index contributed by atoms with van der Waals surface area (Å²) in [6.07, 6.45) is -10.1. The van der Waals surface area contributed by atoms with E-state index in [1.54, 1.807) is 0 Å². The van der Waals surface area contributed by atoms with Gasteiger partial charge in [-0.3, -0.25) is 9.10 Å². The Morgan fingerprint density at radius 1 is 1.15 bits per heavy atom. The quantitative estimate of drug-likeness (QED) is 0.635. The van der Waals surface area contributed by atoms with Gasteiger partial charge in [-0.2, -0.15) is 13.2 Å². The van der Waals surface area contributed by atoms with Crippen molar-refractivity contribution >= 4 is 18.7 Å². The number of nitrogens with zero attached hydrogens (tertiary/aromatic N) is 1. The van der Waals surface area contributed by atoms with Crippen LogP contribution in [0, 0.1) is 0 Å². The van der Waals surface area contributed by atoms with Gasteiger partial charge in [0.2, 0.25) is 0 Å². The molecular weight excluding hydrogens is 312 g/mol. The second-order valence-electron chi connectivity index (χ2n) is 3.91. The van der Waals surface area contributed by atoms with Crippen molar-refractivity contribution in [1.82, 2.24) is 4.31 Å². The van der Waals surface area contributed by atoms with Crippen LogP contribution in [-0.2, 0) is 12.7 Å². The maximum Gasteiger partial charge on any atom is 0.573 e. The molecule has 1 heterocycles. The number of rotatable bonds is 1. The van der Waals surface area contributed by atoms with Gasteiger partial charge in [-0.05, 0) is 17.7 Å². The van der Waals surface area contributed by atoms with Crippen LogP contribution in [0.4, 0.5) is 26.3 Å². The molecule has 1 aliphatic rings. The van der Waals surface area contributed by atoms with E-state index >= 15 is 0 Å². The predicted octanol–water partition coefficient (Wildman–Crippen LogP) is 3.40. The van der Waals surface area contributed by atoms with E-state index in [1.165, 1.54) is 0 Å². The second-order valence-corrected chi connectivity index (χ2v) is 4.39. The summed E-state index contributed by atoms with van der Waals surface area (Å²) in [5, 5.41) is 0. The Morgan fingerprint density at radius 2 is 1.75 bits per heavy atom. The number of carbonyl (C=O) groups excluding carboxylic acids is 1. The van der Waals surface area contributed by atoms with E-state index in [4.69, 9.17) is 0 Å². The number of fused-ring (bicyclic) bond motifs is 1. The zero-order valence-corrected chi connectivity index (χ0v) is 10.2. The molecule has 1 aliphatic heterocycles. The summed E-state index contributed by atoms with van der Waals surface area (Å²) in [6, 6.07) is 0.836. The number of carbonyl (C=O) groups is 1. The number of hydrogen-bond donors (Lipinski definition) is 1. The largest absolute Gasteiger partial charge is 0.573 e. The van der Waals surface area contributed by atoms with E-state index in [1.807, 2.05) is 0 Å². The van der Waals surface area contributed by atoms with Crippen molar-refractivity contribution in [3.8, 4) is 5.75 Å². The molecule has 0 saturated heterocycles. The first-order chi connectivity index (χ1) is 8.99. The standard InChI is InChI=1S/C10H5F6NO2S/c11-9(12,13)7-2-4(19-10(14,15)16)1-5-6(7)3-17(20)8(5)18/h1-2,20H,3H2. The first-order valence-corrected chi connectivity index (χ1v) is 5.39. The minimum absolute atomic E-state index is 0.215. The fraction of sp³-hybridized carbons (Fsp3) is 0.300. The highest BCUT2D eigenvalue weighted by Crippen LogP contribution is 2.41. The van der Waals surface area contributed by atoms with E-state index in [9.17, 15) is 31.1 Å². The maximum absolute atomic E-state index is 12.8. The van der Waals surface area contributed by atoms with Gasteiger partial charge in [0, 0.05) is 5.56 Å². The second kappa shape index (κ2) is 4.47. The lowest BCUT2D eigenvalue weighted by atomic mass is 10.0. The van der Waals surface area contributed by atoms with Crippen LogP contribution in [0.5, 0.6) is 5.75 Å². The van der Waals surface area contributed by atoms with E-state index in [0.29, 0.717) is 10.4 Å². The summed E-state index contributed by atoms with van der Waals surface area (Å²) in [5.74, 6) is -2.01. The van der Waals surface area contributed by atoms with Gasteiger partial charge in [0.15, 0.2) is 0 Å². The molecule has 0 bridgehead atoms. The molecule has 1 aromatic rings. The highest BCUT2D eigenvalue weighted by atomic mass is 32.1. The molecule has 20 heavy (non-hydrogen) atoms. The predicted molar refractivity (Wildman–Crippen MR) is 57.0 cm³/mol. The summed E-state index contributed by atoms with van der Waals surface area (Å²) >= 11 is 3.65. The summed E-state index contributed by atoms with van der Waals surface area (Å²) in [6.45, 7) is -0.446. The highest BCUT2D eigenvalue weighted by Gasteiger charge is 2.41. The van der Waals surface area contributed by atoms with Crippen molar-refractivity contribution in [1.29, 1.82) is 0 Å². The average Bonchev–Trinajstić information content (AvgIpc) is 2.51. The van der Waals surface area contributed by atoms with Crippen LogP contribution >= 0.6 is 12.8 Å². The van der Waals surface area contributed by atoms with Crippen LogP contribution in [0.3, 0.4) is 0 Å². The summed E-state index contributed by atoms with van der Waals surface area (Å²) in [5.41, 5.74) is -2.28. The number of hydrogen-bond acceptors (Lipinski definition) is 3. The van der Waals surface area contributed by atoms with E-state index in [-0.39, 0.29) is 6.07 Å². The molecule has 0 aromatic heterocycles. The molecule has 1 amide bonds. The van der Waals surface area contributed by atoms with Gasteiger partial charge in [-0.15, -0.1) is 13.2 Å². The molecule has 0 radical (unpaired) electrons. The number of amides is 1. The highest BCUT2D eigenvalue weighted by molar-refractivity contribution is 7.78. The molecule has 0 unspecified atom stereocenters. The zero-order valence-electron chi connectivity index (χ0n) is 9.34. The fourth-order valence-corrected chi connectivity index (χ4v) is 2.06. The van der Waals surface area contributed by atoms with Gasteiger partial charge < -0.3 is 4.74 Å². The number of benzene rings is 1. The van der Waals surface area contributed by atoms with Crippen molar-refractivity contribution < 1.29 is 35.9 Å². The molecule has 1 aromatic carbocycles. The minimum Gasteiger partial charge on any atom is -0.406 e. The Kier molecular flexibility index (Phi) is 3.31. The molecule has 0 aliphatic carbocycles. The Morgan fingerprint density at radius 3 is 2.25 bits per heavy atom. The van der Waals surface area contributed by atoms with E-state index in [2.05, 4.69) is 17.6 Å². The van der Waals surface area contributed by atoms with Gasteiger partial charge in [0.25, 0.3) is 5.91 Å². The summed E-state index contributed by atoms with van der Waals surface area (Å²) in [7, 11) is 0. The van der Waals surface area contributed by atoms with Crippen molar-refractivity contribution in [3.63, 3.8) is 0 Å². The number of halogens is 6. The van der Waals surface area contributed by atoms with E-state index in [0.717, 1.165) is 0 Å². The number of ether oxygens (including phenoxy) is 1. The van der Waals surface area contributed by atoms with Gasteiger partial charge in [-0.1, -0.05) is 12.8 Å². The van der Waals surface area contributed by atoms with Crippen molar-refractivity contribution in [2.45, 2.75) is 19.1 Å². The Balaban J connectivity index is 2.58. The first kappa shape index (κ1) is 14.8. The Hall–Kier alpha value is -1.58. The first-order valence-electron chi connectivity index (χ1n) is 4.99. The topological polar surface area (TPSA) is 29.5 Å². The SMILES string of the molecule is O=C1c2cc(OC(F)(F)F)cc(C(F)(F)F)c2CN1S. The molecule has 10 heteroatoms. The zero-order chi connectivity index (χ0) is 15.3. The smallest absolute Gasteiger partial charge is 0.406 e. The average molecular weight is 317 g/mol. The molecule has 0 saturated carbocycles. The molecule has 3 nitrogen and oxygen atoms in total. The minimum atomic E-state index is -5.15. The molecular formula is C10H5F6NO2S. The van der Waals surface area contributed by atoms with Gasteiger partial charge in [0.1, 0.15) is 5.75 Å². The maximum atomic E-state index is 12.8. The van der Waals surface area contributed by atoms with Gasteiger partial charge in [-0.25, -0.2) is 0 Å². The Labute approximate surface area is 113 Å². The van der Waals surface area contributed by atoms with Crippen molar-refractivity contribution in [2.75, 3.05) is 0 Å². The van der Waals surface area contributed by atoms with Crippen molar-refractivity contribution in [2.24, 2.45) is 0 Å². The van der Waals surface area contributed by atoms with Crippen LogP contribution in [0.15, 0.2) is 12.1 Å². The van der Waals surface area contributed by atoms with Gasteiger partial charge in [0.05, 0.1) is 12.1 Å². The van der Waals surface area contributed by atoms with Crippen molar-refractivity contribution in [3.05, 3.63) is 28.8 Å². The molecule has 2 rings (SSSR count). The lowest BCUT2D eigenvalue weighted by Gasteiger charge is -2.15. The lowest BCUT2D eigenvalue weighted by molar-refractivity contribution is -0.274. The third kappa shape index (κ3) is 2.79. The van der Waals surface area contributed by atoms with E-state index < -0.39 is 47.4 Å². The Bertz CT molecular complexity index is 568. The fourth-order valence-electron chi connectivity index (χ4n) is 1.81. The molecule has 0 fully saturated rings. The van der Waals surface area contributed by atoms with Crippen LogP contribution in [-0.4, -0.2) is 16.6 Å². The lowest BCUT2D eigenvalue weighted by Crippen LogP contribution is -2.18. The number of alkyl halides is 6. The van der Waals surface area contributed by atoms with Crippen LogP contribution < -0.4 is 4.74 Å². The molecule has 0 spiro atoms. The normalized spacial score (nSPS) is 15.6. The van der Waals surface area contributed by atoms with Crippen LogP contribution in [0.2, 0.25) is 0 Å². The van der Waals surface area contributed by atoms with Crippen LogP contribution in [0.1, 0.15) is 21.5 Å². The monoisotopic (exact) mass is 317 g/mol. The molecule has 0 N–H and O–H groups in total. The third-order valence-corrected chi connectivity index (χ3v) is 2.86. The summed E-state index contributed by atoms with van der Waals surface area (Å²) in [4.78, 5) is 11.5. The third-order valence-electron chi connectivity index (χ3n) is 2.54. The molecule has 110 valence electrons. The van der Waals surface area contributed by atoms with Crippen LogP contribution in [0.25, 0.3) is 0 Å². The number of thiol groups is 1.